The third-order valence-electron chi connectivity index (χ3n) is 5.14. The molecule has 32 heavy (non-hydrogen) atoms. The number of hydrogen-bond acceptors (Lipinski definition) is 5. The van der Waals surface area contributed by atoms with E-state index in [0.717, 1.165) is 32.9 Å². The first-order chi connectivity index (χ1) is 15.4. The lowest BCUT2D eigenvalue weighted by molar-refractivity contribution is -0.118. The van der Waals surface area contributed by atoms with Crippen molar-refractivity contribution in [2.45, 2.75) is 38.6 Å². The summed E-state index contributed by atoms with van der Waals surface area (Å²) in [6.45, 7) is 7.14. The van der Waals surface area contributed by atoms with E-state index in [-0.39, 0.29) is 5.91 Å². The molecule has 2 aromatic carbocycles. The lowest BCUT2D eigenvalue weighted by atomic mass is 10.2. The van der Waals surface area contributed by atoms with E-state index in [2.05, 4.69) is 17.2 Å². The quantitative estimate of drug-likeness (QED) is 0.276. The van der Waals surface area contributed by atoms with Gasteiger partial charge in [0.2, 0.25) is 5.91 Å². The molecule has 0 atom stereocenters. The summed E-state index contributed by atoms with van der Waals surface area (Å²) in [5, 5.41) is 5.94. The fourth-order valence-corrected chi connectivity index (χ4v) is 5.91. The lowest BCUT2D eigenvalue weighted by Crippen LogP contribution is -2.34. The van der Waals surface area contributed by atoms with E-state index in [9.17, 15) is 4.79 Å². The molecule has 2 aromatic heterocycles. The van der Waals surface area contributed by atoms with E-state index in [1.54, 1.807) is 16.7 Å². The fraction of sp³-hybridized carbons (Fsp3) is 0.292. The Labute approximate surface area is 201 Å². The Morgan fingerprint density at radius 1 is 1.16 bits per heavy atom. The number of aryl methyl sites for hydroxylation is 3. The number of anilines is 1. The molecule has 0 aliphatic carbocycles. The van der Waals surface area contributed by atoms with Crippen molar-refractivity contribution >= 4 is 56.0 Å². The minimum atomic E-state index is 0.0674. The normalized spacial score (nSPS) is 11.2. The van der Waals surface area contributed by atoms with Crippen LogP contribution in [0.25, 0.3) is 10.2 Å². The molecular formula is C24H25ClN4OS2. The number of aromatic nitrogens is 3. The molecule has 0 N–H and O–H groups in total. The van der Waals surface area contributed by atoms with Crippen molar-refractivity contribution in [2.24, 2.45) is 0 Å². The Morgan fingerprint density at radius 3 is 2.66 bits per heavy atom. The van der Waals surface area contributed by atoms with Crippen LogP contribution in [-0.4, -0.2) is 33.0 Å². The van der Waals surface area contributed by atoms with E-state index in [1.165, 1.54) is 16.2 Å². The van der Waals surface area contributed by atoms with Crippen molar-refractivity contribution < 1.29 is 4.79 Å². The predicted octanol–water partition coefficient (Wildman–Crippen LogP) is 6.29. The maximum Gasteiger partial charge on any atom is 0.229 e. The molecule has 1 amide bonds. The summed E-state index contributed by atoms with van der Waals surface area (Å²) in [4.78, 5) is 21.1. The van der Waals surface area contributed by atoms with Gasteiger partial charge in [0, 0.05) is 34.3 Å². The summed E-state index contributed by atoms with van der Waals surface area (Å²) in [7, 11) is 0. The number of benzene rings is 2. The average Bonchev–Trinajstić information content (AvgIpc) is 3.31. The molecule has 0 radical (unpaired) electrons. The van der Waals surface area contributed by atoms with E-state index in [0.29, 0.717) is 29.7 Å². The minimum Gasteiger partial charge on any atom is -0.286 e. The highest BCUT2D eigenvalue weighted by Gasteiger charge is 2.21. The van der Waals surface area contributed by atoms with Crippen LogP contribution in [0.3, 0.4) is 0 Å². The molecule has 0 spiro atoms. The highest BCUT2D eigenvalue weighted by Crippen LogP contribution is 2.33. The molecule has 5 nitrogen and oxygen atoms in total. The monoisotopic (exact) mass is 484 g/mol. The van der Waals surface area contributed by atoms with Gasteiger partial charge in [0.05, 0.1) is 22.5 Å². The van der Waals surface area contributed by atoms with Gasteiger partial charge in [-0.15, -0.1) is 11.8 Å². The molecule has 0 fully saturated rings. The molecule has 0 aliphatic rings. The van der Waals surface area contributed by atoms with Crippen molar-refractivity contribution in [3.63, 3.8) is 0 Å². The van der Waals surface area contributed by atoms with Gasteiger partial charge < -0.3 is 0 Å². The number of thioether (sulfide) groups is 1. The highest BCUT2D eigenvalue weighted by molar-refractivity contribution is 7.99. The second kappa shape index (κ2) is 10.1. The van der Waals surface area contributed by atoms with Gasteiger partial charge in [0.1, 0.15) is 0 Å². The van der Waals surface area contributed by atoms with Crippen LogP contribution in [0, 0.1) is 20.8 Å². The standard InChI is InChI=1S/C24H25ClN4OS2/c1-16-13-19(25)15-21-23(16)26-24(32-21)28(10-11-29-18(3)14-17(2)27-29)22(30)9-12-31-20-7-5-4-6-8-20/h4-8,13-15H,9-12H2,1-3H3. The van der Waals surface area contributed by atoms with Gasteiger partial charge in [0.15, 0.2) is 5.13 Å². The fourth-order valence-electron chi connectivity index (χ4n) is 3.59. The van der Waals surface area contributed by atoms with Crippen LogP contribution in [0.5, 0.6) is 0 Å². The molecule has 2 heterocycles. The number of carbonyl (C=O) groups excluding carboxylic acids is 1. The first kappa shape index (κ1) is 22.8. The largest absolute Gasteiger partial charge is 0.286 e. The molecule has 0 aliphatic heterocycles. The molecule has 166 valence electrons. The maximum atomic E-state index is 13.3. The van der Waals surface area contributed by atoms with Crippen LogP contribution in [-0.2, 0) is 11.3 Å². The van der Waals surface area contributed by atoms with Crippen LogP contribution < -0.4 is 4.90 Å². The molecule has 0 unspecified atom stereocenters. The van der Waals surface area contributed by atoms with Crippen LogP contribution in [0.15, 0.2) is 53.4 Å². The van der Waals surface area contributed by atoms with Gasteiger partial charge in [-0.1, -0.05) is 41.1 Å². The number of rotatable bonds is 8. The number of nitrogens with zero attached hydrogens (tertiary/aromatic N) is 4. The number of fused-ring (bicyclic) bond motifs is 1. The maximum absolute atomic E-state index is 13.3. The third-order valence-corrected chi connectivity index (χ3v) is 7.39. The second-order valence-electron chi connectivity index (χ2n) is 7.67. The van der Waals surface area contributed by atoms with E-state index in [4.69, 9.17) is 16.6 Å². The van der Waals surface area contributed by atoms with Gasteiger partial charge in [-0.05, 0) is 56.7 Å². The number of halogens is 1. The number of carbonyl (C=O) groups is 1. The summed E-state index contributed by atoms with van der Waals surface area (Å²) in [5.41, 5.74) is 3.98. The number of amides is 1. The lowest BCUT2D eigenvalue weighted by Gasteiger charge is -2.20. The van der Waals surface area contributed by atoms with Crippen LogP contribution in [0.2, 0.25) is 5.02 Å². The van der Waals surface area contributed by atoms with Crippen molar-refractivity contribution in [2.75, 3.05) is 17.2 Å². The number of hydrogen-bond donors (Lipinski definition) is 0. The van der Waals surface area contributed by atoms with E-state index in [1.807, 2.05) is 61.9 Å². The SMILES string of the molecule is Cc1cc(C)n(CCN(C(=O)CCSc2ccccc2)c2nc3c(C)cc(Cl)cc3s2)n1. The summed E-state index contributed by atoms with van der Waals surface area (Å²) >= 11 is 9.45. The molecule has 0 saturated carbocycles. The van der Waals surface area contributed by atoms with Crippen molar-refractivity contribution in [3.05, 3.63) is 70.5 Å². The van der Waals surface area contributed by atoms with Gasteiger partial charge in [-0.3, -0.25) is 14.4 Å². The second-order valence-corrected chi connectivity index (χ2v) is 10.3. The van der Waals surface area contributed by atoms with Crippen LogP contribution in [0.1, 0.15) is 23.4 Å². The topological polar surface area (TPSA) is 51.0 Å². The van der Waals surface area contributed by atoms with Crippen molar-refractivity contribution in [3.8, 4) is 0 Å². The molecule has 0 saturated heterocycles. The Bertz CT molecular complexity index is 1240. The van der Waals surface area contributed by atoms with E-state index < -0.39 is 0 Å². The van der Waals surface area contributed by atoms with Crippen LogP contribution in [0.4, 0.5) is 5.13 Å². The van der Waals surface area contributed by atoms with Crippen molar-refractivity contribution in [1.29, 1.82) is 0 Å². The summed E-state index contributed by atoms with van der Waals surface area (Å²) in [6.07, 6.45) is 0.437. The molecule has 8 heteroatoms. The molecule has 4 rings (SSSR count). The summed E-state index contributed by atoms with van der Waals surface area (Å²) in [5.74, 6) is 0.785. The zero-order valence-corrected chi connectivity index (χ0v) is 20.7. The summed E-state index contributed by atoms with van der Waals surface area (Å²) < 4.78 is 2.94. The summed E-state index contributed by atoms with van der Waals surface area (Å²) in [6, 6.07) is 16.0. The smallest absolute Gasteiger partial charge is 0.229 e. The van der Waals surface area contributed by atoms with Gasteiger partial charge >= 0.3 is 0 Å². The van der Waals surface area contributed by atoms with Crippen molar-refractivity contribution in [1.82, 2.24) is 14.8 Å². The Morgan fingerprint density at radius 2 is 1.94 bits per heavy atom. The molecule has 0 bridgehead atoms. The highest BCUT2D eigenvalue weighted by atomic mass is 35.5. The first-order valence-electron chi connectivity index (χ1n) is 10.5. The van der Waals surface area contributed by atoms with Gasteiger partial charge in [-0.2, -0.15) is 5.10 Å². The predicted molar refractivity (Wildman–Crippen MR) is 135 cm³/mol. The molecule has 4 aromatic rings. The minimum absolute atomic E-state index is 0.0674. The average molecular weight is 485 g/mol. The zero-order chi connectivity index (χ0) is 22.7. The van der Waals surface area contributed by atoms with Gasteiger partial charge in [-0.25, -0.2) is 4.98 Å². The Hall–Kier alpha value is -2.35. The zero-order valence-electron chi connectivity index (χ0n) is 18.3. The van der Waals surface area contributed by atoms with Crippen LogP contribution >= 0.6 is 34.7 Å². The number of thiazole rings is 1. The van der Waals surface area contributed by atoms with E-state index >= 15 is 0 Å². The Balaban J connectivity index is 1.55. The third kappa shape index (κ3) is 5.34. The first-order valence-corrected chi connectivity index (χ1v) is 12.6. The Kier molecular flexibility index (Phi) is 7.18. The van der Waals surface area contributed by atoms with Gasteiger partial charge in [0.25, 0.3) is 0 Å². The molecular weight excluding hydrogens is 460 g/mol.